The molecular formula is C12H20N2O2S. The third-order valence-corrected chi connectivity index (χ3v) is 4.36. The molecule has 0 bridgehead atoms. The first-order chi connectivity index (χ1) is 8.11. The van der Waals surface area contributed by atoms with E-state index in [-0.39, 0.29) is 5.75 Å². The average molecular weight is 256 g/mol. The minimum absolute atomic E-state index is 0.183. The molecule has 0 atom stereocenters. The Labute approximate surface area is 103 Å². The highest BCUT2D eigenvalue weighted by Gasteiger charge is 2.16. The van der Waals surface area contributed by atoms with E-state index in [2.05, 4.69) is 5.32 Å². The van der Waals surface area contributed by atoms with E-state index >= 15 is 0 Å². The van der Waals surface area contributed by atoms with Crippen LogP contribution in [0.15, 0.2) is 29.2 Å². The van der Waals surface area contributed by atoms with E-state index < -0.39 is 9.84 Å². The van der Waals surface area contributed by atoms with Gasteiger partial charge in [0.15, 0.2) is 9.84 Å². The Bertz CT molecular complexity index is 444. The van der Waals surface area contributed by atoms with Gasteiger partial charge in [-0.1, -0.05) is 19.1 Å². The summed E-state index contributed by atoms with van der Waals surface area (Å²) in [6, 6.07) is 7.02. The number of rotatable bonds is 7. The van der Waals surface area contributed by atoms with Crippen molar-refractivity contribution in [3.63, 3.8) is 0 Å². The van der Waals surface area contributed by atoms with E-state index in [4.69, 9.17) is 5.73 Å². The number of para-hydroxylation sites is 1. The summed E-state index contributed by atoms with van der Waals surface area (Å²) in [5, 5.41) is 3.12. The summed E-state index contributed by atoms with van der Waals surface area (Å²) in [5.41, 5.74) is 6.08. The van der Waals surface area contributed by atoms with Crippen LogP contribution >= 0.6 is 0 Å². The monoisotopic (exact) mass is 256 g/mol. The molecule has 0 aliphatic heterocycles. The van der Waals surface area contributed by atoms with Gasteiger partial charge in [-0.3, -0.25) is 0 Å². The van der Waals surface area contributed by atoms with Crippen LogP contribution in [0.2, 0.25) is 0 Å². The topological polar surface area (TPSA) is 72.2 Å². The molecule has 0 amide bonds. The zero-order chi connectivity index (χ0) is 12.7. The van der Waals surface area contributed by atoms with E-state index in [1.54, 1.807) is 18.2 Å². The second kappa shape index (κ2) is 6.61. The van der Waals surface area contributed by atoms with Gasteiger partial charge in [-0.05, 0) is 31.5 Å². The normalized spacial score (nSPS) is 11.4. The molecule has 0 heterocycles. The van der Waals surface area contributed by atoms with E-state index in [1.165, 1.54) is 0 Å². The van der Waals surface area contributed by atoms with Crippen LogP contribution in [0.4, 0.5) is 5.69 Å². The predicted molar refractivity (Wildman–Crippen MR) is 70.9 cm³/mol. The maximum atomic E-state index is 12.0. The van der Waals surface area contributed by atoms with Crippen molar-refractivity contribution in [3.05, 3.63) is 24.3 Å². The SMILES string of the molecule is CCCS(=O)(=O)c1ccccc1NCCCN. The molecule has 1 aromatic carbocycles. The van der Waals surface area contributed by atoms with Crippen molar-refractivity contribution < 1.29 is 8.42 Å². The van der Waals surface area contributed by atoms with Crippen molar-refractivity contribution in [2.45, 2.75) is 24.7 Å². The van der Waals surface area contributed by atoms with Crippen LogP contribution in [-0.2, 0) is 9.84 Å². The van der Waals surface area contributed by atoms with E-state index in [9.17, 15) is 8.42 Å². The van der Waals surface area contributed by atoms with Crippen molar-refractivity contribution in [2.24, 2.45) is 5.73 Å². The van der Waals surface area contributed by atoms with Crippen LogP contribution in [0, 0.1) is 0 Å². The summed E-state index contributed by atoms with van der Waals surface area (Å²) in [7, 11) is -3.17. The minimum atomic E-state index is -3.17. The number of benzene rings is 1. The molecule has 1 rings (SSSR count). The Kier molecular flexibility index (Phi) is 5.44. The molecule has 0 aromatic heterocycles. The van der Waals surface area contributed by atoms with Crippen LogP contribution in [0.3, 0.4) is 0 Å². The first-order valence-corrected chi connectivity index (χ1v) is 7.52. The molecular weight excluding hydrogens is 236 g/mol. The van der Waals surface area contributed by atoms with Gasteiger partial charge in [0, 0.05) is 6.54 Å². The van der Waals surface area contributed by atoms with Gasteiger partial charge in [0.1, 0.15) is 0 Å². The van der Waals surface area contributed by atoms with Crippen LogP contribution in [0.5, 0.6) is 0 Å². The third kappa shape index (κ3) is 4.02. The molecule has 0 aliphatic carbocycles. The average Bonchev–Trinajstić information content (AvgIpc) is 2.30. The minimum Gasteiger partial charge on any atom is -0.384 e. The Morgan fingerprint density at radius 2 is 2.00 bits per heavy atom. The highest BCUT2D eigenvalue weighted by Crippen LogP contribution is 2.22. The quantitative estimate of drug-likeness (QED) is 0.727. The van der Waals surface area contributed by atoms with E-state index in [0.29, 0.717) is 30.1 Å². The molecule has 96 valence electrons. The Morgan fingerprint density at radius 3 is 2.65 bits per heavy atom. The maximum Gasteiger partial charge on any atom is 0.180 e. The third-order valence-electron chi connectivity index (χ3n) is 2.39. The van der Waals surface area contributed by atoms with Crippen molar-refractivity contribution in [2.75, 3.05) is 24.2 Å². The Morgan fingerprint density at radius 1 is 1.29 bits per heavy atom. The van der Waals surface area contributed by atoms with Crippen LogP contribution in [-0.4, -0.2) is 27.3 Å². The fraction of sp³-hybridized carbons (Fsp3) is 0.500. The molecule has 4 nitrogen and oxygen atoms in total. The van der Waals surface area contributed by atoms with Crippen LogP contribution in [0.1, 0.15) is 19.8 Å². The largest absolute Gasteiger partial charge is 0.384 e. The first kappa shape index (κ1) is 14.0. The van der Waals surface area contributed by atoms with Gasteiger partial charge in [-0.2, -0.15) is 0 Å². The first-order valence-electron chi connectivity index (χ1n) is 5.87. The molecule has 0 radical (unpaired) electrons. The molecule has 0 unspecified atom stereocenters. The fourth-order valence-corrected chi connectivity index (χ4v) is 3.11. The summed E-state index contributed by atoms with van der Waals surface area (Å²) in [4.78, 5) is 0.388. The van der Waals surface area contributed by atoms with E-state index in [1.807, 2.05) is 13.0 Å². The summed E-state index contributed by atoms with van der Waals surface area (Å²) >= 11 is 0. The number of hydrogen-bond acceptors (Lipinski definition) is 4. The molecule has 0 saturated heterocycles. The van der Waals surface area contributed by atoms with Gasteiger partial charge >= 0.3 is 0 Å². The lowest BCUT2D eigenvalue weighted by Crippen LogP contribution is -2.13. The number of anilines is 1. The van der Waals surface area contributed by atoms with Crippen molar-refractivity contribution in [1.82, 2.24) is 0 Å². The van der Waals surface area contributed by atoms with Gasteiger partial charge in [-0.25, -0.2) is 8.42 Å². The van der Waals surface area contributed by atoms with Crippen molar-refractivity contribution in [1.29, 1.82) is 0 Å². The number of sulfone groups is 1. The van der Waals surface area contributed by atoms with Crippen LogP contribution < -0.4 is 11.1 Å². The maximum absolute atomic E-state index is 12.0. The molecule has 0 aliphatic rings. The Hall–Kier alpha value is -1.07. The smallest absolute Gasteiger partial charge is 0.180 e. The highest BCUT2D eigenvalue weighted by atomic mass is 32.2. The number of nitrogens with one attached hydrogen (secondary N) is 1. The molecule has 1 aromatic rings. The number of nitrogens with two attached hydrogens (primary N) is 1. The molecule has 5 heteroatoms. The molecule has 3 N–H and O–H groups in total. The second-order valence-corrected chi connectivity index (χ2v) is 5.96. The van der Waals surface area contributed by atoms with E-state index in [0.717, 1.165) is 6.42 Å². The lowest BCUT2D eigenvalue weighted by Gasteiger charge is -2.11. The summed E-state index contributed by atoms with van der Waals surface area (Å²) < 4.78 is 24.0. The van der Waals surface area contributed by atoms with Gasteiger partial charge < -0.3 is 11.1 Å². The summed E-state index contributed by atoms with van der Waals surface area (Å²) in [6.07, 6.45) is 1.45. The van der Waals surface area contributed by atoms with Crippen molar-refractivity contribution in [3.8, 4) is 0 Å². The lowest BCUT2D eigenvalue weighted by molar-refractivity contribution is 0.595. The fourth-order valence-electron chi connectivity index (χ4n) is 1.59. The summed E-state index contributed by atoms with van der Waals surface area (Å²) in [5.74, 6) is 0.183. The molecule has 0 spiro atoms. The zero-order valence-corrected chi connectivity index (χ0v) is 11.0. The van der Waals surface area contributed by atoms with Gasteiger partial charge in [0.2, 0.25) is 0 Å². The molecule has 0 fully saturated rings. The molecule has 17 heavy (non-hydrogen) atoms. The second-order valence-electron chi connectivity index (χ2n) is 3.88. The van der Waals surface area contributed by atoms with Crippen molar-refractivity contribution >= 4 is 15.5 Å². The summed E-state index contributed by atoms with van der Waals surface area (Å²) in [6.45, 7) is 3.15. The number of hydrogen-bond donors (Lipinski definition) is 2. The predicted octanol–water partition coefficient (Wildman–Crippen LogP) is 1.63. The van der Waals surface area contributed by atoms with Crippen LogP contribution in [0.25, 0.3) is 0 Å². The standard InChI is InChI=1S/C12H20N2O2S/c1-2-10-17(15,16)12-7-4-3-6-11(12)14-9-5-8-13/h3-4,6-7,14H,2,5,8-10,13H2,1H3. The molecule has 0 saturated carbocycles. The van der Waals surface area contributed by atoms with Gasteiger partial charge in [0.05, 0.1) is 16.3 Å². The highest BCUT2D eigenvalue weighted by molar-refractivity contribution is 7.91. The lowest BCUT2D eigenvalue weighted by atomic mass is 10.3. The van der Waals surface area contributed by atoms with Gasteiger partial charge in [0.25, 0.3) is 0 Å². The Balaban J connectivity index is 2.91. The van der Waals surface area contributed by atoms with Gasteiger partial charge in [-0.15, -0.1) is 0 Å². The zero-order valence-electron chi connectivity index (χ0n) is 10.1.